The van der Waals surface area contributed by atoms with Gasteiger partial charge in [0.15, 0.2) is 0 Å². The Morgan fingerprint density at radius 1 is 1.75 bits per heavy atom. The first kappa shape index (κ1) is 6.94. The first-order valence-electron chi connectivity index (χ1n) is 2.16. The molecule has 0 atom stereocenters. The molecule has 0 saturated carbocycles. The lowest BCUT2D eigenvalue weighted by Gasteiger charge is -2.10. The molecule has 1 aliphatic heterocycles. The van der Waals surface area contributed by atoms with Crippen LogP contribution in [0.25, 0.3) is 0 Å². The quantitative estimate of drug-likeness (QED) is 0.322. The molecule has 0 spiro atoms. The number of carboxylic acid groups (broad SMARTS) is 1. The van der Waals surface area contributed by atoms with Crippen LogP contribution in [0.15, 0.2) is 0 Å². The Bertz CT molecular complexity index is 85.3. The summed E-state index contributed by atoms with van der Waals surface area (Å²) in [5.74, 6) is 0.185. The number of β-lactam (4-membered cyclic amide) rings is 1. The fraction of sp³-hybridized carbons (Fsp3) is 0.500. The molecule has 0 aromatic heterocycles. The molecule has 46 valence electrons. The van der Waals surface area contributed by atoms with Crippen LogP contribution >= 0.6 is 0 Å². The standard InChI is InChI=1S/C3H5NO.CH2O2/c5-3-1-2-4-3;2-1-3/h1-2H2,(H,4,5);1H,(H,2,3). The predicted octanol–water partition coefficient (Wildman–Crippen LogP) is -0.793. The van der Waals surface area contributed by atoms with Gasteiger partial charge in [0.25, 0.3) is 6.47 Å². The highest BCUT2D eigenvalue weighted by Gasteiger charge is 2.07. The maximum absolute atomic E-state index is 9.79. The van der Waals surface area contributed by atoms with Crippen molar-refractivity contribution in [3.63, 3.8) is 0 Å². The van der Waals surface area contributed by atoms with Crippen molar-refractivity contribution in [3.05, 3.63) is 0 Å². The number of carbonyl (C=O) groups is 2. The van der Waals surface area contributed by atoms with E-state index in [1.54, 1.807) is 0 Å². The summed E-state index contributed by atoms with van der Waals surface area (Å²) < 4.78 is 0. The van der Waals surface area contributed by atoms with Gasteiger partial charge >= 0.3 is 0 Å². The van der Waals surface area contributed by atoms with E-state index in [2.05, 4.69) is 5.32 Å². The monoisotopic (exact) mass is 117 g/mol. The highest BCUT2D eigenvalue weighted by atomic mass is 16.3. The van der Waals surface area contributed by atoms with Gasteiger partial charge in [-0.05, 0) is 0 Å². The third kappa shape index (κ3) is 3.14. The van der Waals surface area contributed by atoms with E-state index in [1.807, 2.05) is 0 Å². The summed E-state index contributed by atoms with van der Waals surface area (Å²) in [5.41, 5.74) is 0. The van der Waals surface area contributed by atoms with Crippen molar-refractivity contribution in [2.24, 2.45) is 0 Å². The van der Waals surface area contributed by atoms with Crippen LogP contribution in [0.1, 0.15) is 6.42 Å². The molecule has 4 nitrogen and oxygen atoms in total. The lowest BCUT2D eigenvalue weighted by molar-refractivity contribution is -0.125. The molecule has 1 amide bonds. The number of rotatable bonds is 0. The minimum absolute atomic E-state index is 0.185. The number of nitrogens with one attached hydrogen (secondary N) is 1. The Kier molecular flexibility index (Phi) is 3.56. The zero-order valence-corrected chi connectivity index (χ0v) is 4.26. The third-order valence-electron chi connectivity index (χ3n) is 0.674. The van der Waals surface area contributed by atoms with E-state index in [0.717, 1.165) is 13.0 Å². The summed E-state index contributed by atoms with van der Waals surface area (Å²) in [6.07, 6.45) is 0.736. The molecule has 1 heterocycles. The van der Waals surface area contributed by atoms with Crippen LogP contribution < -0.4 is 5.32 Å². The second-order valence-electron chi connectivity index (χ2n) is 1.21. The Labute approximate surface area is 46.5 Å². The van der Waals surface area contributed by atoms with Crippen molar-refractivity contribution in [1.82, 2.24) is 5.32 Å². The van der Waals surface area contributed by atoms with E-state index in [0.29, 0.717) is 0 Å². The summed E-state index contributed by atoms with van der Waals surface area (Å²) in [5, 5.41) is 9.46. The van der Waals surface area contributed by atoms with Gasteiger partial charge in [0.05, 0.1) is 0 Å². The average Bonchev–Trinajstić information content (AvgIpc) is 1.64. The second kappa shape index (κ2) is 4.11. The lowest BCUT2D eigenvalue weighted by atomic mass is 10.3. The Balaban J connectivity index is 0.000000145. The van der Waals surface area contributed by atoms with Gasteiger partial charge in [0.2, 0.25) is 5.91 Å². The van der Waals surface area contributed by atoms with Gasteiger partial charge in [-0.1, -0.05) is 0 Å². The number of amides is 1. The van der Waals surface area contributed by atoms with E-state index >= 15 is 0 Å². The van der Waals surface area contributed by atoms with Crippen LogP contribution in [0, 0.1) is 0 Å². The minimum atomic E-state index is -0.250. The van der Waals surface area contributed by atoms with Crippen molar-refractivity contribution < 1.29 is 14.7 Å². The molecule has 8 heavy (non-hydrogen) atoms. The van der Waals surface area contributed by atoms with E-state index in [9.17, 15) is 4.79 Å². The molecule has 1 saturated heterocycles. The van der Waals surface area contributed by atoms with Gasteiger partial charge in [0.1, 0.15) is 0 Å². The van der Waals surface area contributed by atoms with Gasteiger partial charge in [-0.25, -0.2) is 0 Å². The Hall–Kier alpha value is -1.06. The zero-order chi connectivity index (χ0) is 6.41. The first-order valence-corrected chi connectivity index (χ1v) is 2.16. The number of hydrogen-bond acceptors (Lipinski definition) is 2. The molecule has 1 fully saturated rings. The fourth-order valence-corrected chi connectivity index (χ4v) is 0.227. The fourth-order valence-electron chi connectivity index (χ4n) is 0.227. The Morgan fingerprint density at radius 2 is 2.00 bits per heavy atom. The van der Waals surface area contributed by atoms with Crippen molar-refractivity contribution >= 4 is 12.4 Å². The predicted molar refractivity (Wildman–Crippen MR) is 26.3 cm³/mol. The van der Waals surface area contributed by atoms with Crippen LogP contribution in [0.3, 0.4) is 0 Å². The van der Waals surface area contributed by atoms with Gasteiger partial charge in [-0.3, -0.25) is 9.59 Å². The number of carbonyl (C=O) groups excluding carboxylic acids is 1. The topological polar surface area (TPSA) is 66.4 Å². The highest BCUT2D eigenvalue weighted by molar-refractivity contribution is 5.81. The van der Waals surface area contributed by atoms with Crippen LogP contribution in [-0.4, -0.2) is 24.0 Å². The smallest absolute Gasteiger partial charge is 0.290 e. The third-order valence-corrected chi connectivity index (χ3v) is 0.674. The van der Waals surface area contributed by atoms with E-state index in [4.69, 9.17) is 9.90 Å². The van der Waals surface area contributed by atoms with Crippen LogP contribution in [0.5, 0.6) is 0 Å². The zero-order valence-electron chi connectivity index (χ0n) is 4.26. The SMILES string of the molecule is O=C1CCN1.O=CO. The maximum atomic E-state index is 9.79. The van der Waals surface area contributed by atoms with Gasteiger partial charge < -0.3 is 10.4 Å². The summed E-state index contributed by atoms with van der Waals surface area (Å²) in [4.78, 5) is 18.1. The van der Waals surface area contributed by atoms with Crippen molar-refractivity contribution in [2.75, 3.05) is 6.54 Å². The average molecular weight is 117 g/mol. The van der Waals surface area contributed by atoms with Crippen molar-refractivity contribution in [2.45, 2.75) is 6.42 Å². The summed E-state index contributed by atoms with van der Waals surface area (Å²) in [6.45, 7) is 0.638. The van der Waals surface area contributed by atoms with Crippen molar-refractivity contribution in [3.8, 4) is 0 Å². The van der Waals surface area contributed by atoms with Crippen LogP contribution in [-0.2, 0) is 9.59 Å². The highest BCUT2D eigenvalue weighted by Crippen LogP contribution is 1.85. The summed E-state index contributed by atoms with van der Waals surface area (Å²) in [6, 6.07) is 0. The molecule has 0 aliphatic carbocycles. The van der Waals surface area contributed by atoms with Gasteiger partial charge in [-0.2, -0.15) is 0 Å². The van der Waals surface area contributed by atoms with Gasteiger partial charge in [0, 0.05) is 13.0 Å². The second-order valence-corrected chi connectivity index (χ2v) is 1.21. The number of hydrogen-bond donors (Lipinski definition) is 2. The van der Waals surface area contributed by atoms with E-state index in [-0.39, 0.29) is 12.4 Å². The maximum Gasteiger partial charge on any atom is 0.290 e. The van der Waals surface area contributed by atoms with E-state index in [1.165, 1.54) is 0 Å². The molecule has 2 N–H and O–H groups in total. The molecule has 1 rings (SSSR count). The molecule has 0 aromatic rings. The Morgan fingerprint density at radius 3 is 2.00 bits per heavy atom. The van der Waals surface area contributed by atoms with Crippen LogP contribution in [0.2, 0.25) is 0 Å². The minimum Gasteiger partial charge on any atom is -0.483 e. The molecular weight excluding hydrogens is 110 g/mol. The van der Waals surface area contributed by atoms with Crippen LogP contribution in [0.4, 0.5) is 0 Å². The molecule has 4 heteroatoms. The molecule has 0 unspecified atom stereocenters. The summed E-state index contributed by atoms with van der Waals surface area (Å²) in [7, 11) is 0. The molecule has 0 radical (unpaired) electrons. The molecule has 0 bridgehead atoms. The molecule has 1 aliphatic rings. The summed E-state index contributed by atoms with van der Waals surface area (Å²) >= 11 is 0. The van der Waals surface area contributed by atoms with Gasteiger partial charge in [-0.15, -0.1) is 0 Å². The van der Waals surface area contributed by atoms with E-state index < -0.39 is 0 Å². The normalized spacial score (nSPS) is 14.2. The first-order chi connectivity index (χ1) is 3.81. The van der Waals surface area contributed by atoms with Crippen molar-refractivity contribution in [1.29, 1.82) is 0 Å². The lowest BCUT2D eigenvalue weighted by Crippen LogP contribution is -2.37. The molecular formula is C4H7NO3. The largest absolute Gasteiger partial charge is 0.483 e. The molecule has 0 aromatic carbocycles.